The predicted octanol–water partition coefficient (Wildman–Crippen LogP) is 4.54. The van der Waals surface area contributed by atoms with E-state index < -0.39 is 35.8 Å². The molecule has 1 aliphatic rings. The Bertz CT molecular complexity index is 879. The first kappa shape index (κ1) is 19.4. The van der Waals surface area contributed by atoms with Gasteiger partial charge in [-0.15, -0.1) is 0 Å². The maximum Gasteiger partial charge on any atom is 0.435 e. The summed E-state index contributed by atoms with van der Waals surface area (Å²) in [6.07, 6.45) is -8.73. The quantitative estimate of drug-likeness (QED) is 0.775. The van der Waals surface area contributed by atoms with Gasteiger partial charge in [0, 0.05) is 12.3 Å². The van der Waals surface area contributed by atoms with Gasteiger partial charge in [-0.3, -0.25) is 4.79 Å². The molecule has 27 heavy (non-hydrogen) atoms. The summed E-state index contributed by atoms with van der Waals surface area (Å²) < 4.78 is 78.6. The van der Waals surface area contributed by atoms with Crippen LogP contribution >= 0.6 is 0 Å². The lowest BCUT2D eigenvalue weighted by atomic mass is 9.88. The summed E-state index contributed by atoms with van der Waals surface area (Å²) in [6, 6.07) is 1.87. The van der Waals surface area contributed by atoms with Gasteiger partial charge in [-0.1, -0.05) is 13.8 Å². The lowest BCUT2D eigenvalue weighted by Crippen LogP contribution is -2.36. The zero-order chi connectivity index (χ0) is 20.2. The van der Waals surface area contributed by atoms with Crippen LogP contribution in [0.3, 0.4) is 0 Å². The van der Waals surface area contributed by atoms with Crippen molar-refractivity contribution in [3.8, 4) is 0 Å². The number of aromatic nitrogens is 3. The highest BCUT2D eigenvalue weighted by Gasteiger charge is 2.48. The van der Waals surface area contributed by atoms with E-state index in [1.165, 1.54) is 0 Å². The molecule has 1 fully saturated rings. The monoisotopic (exact) mass is 394 g/mol. The summed E-state index contributed by atoms with van der Waals surface area (Å²) in [4.78, 5) is 16.2. The molecule has 11 heteroatoms. The molecule has 5 nitrogen and oxygen atoms in total. The van der Waals surface area contributed by atoms with E-state index in [9.17, 15) is 31.1 Å². The summed E-state index contributed by atoms with van der Waals surface area (Å²) in [5.74, 6) is -1.12. The number of imidazole rings is 1. The third kappa shape index (κ3) is 3.86. The number of nitrogens with zero attached hydrogens (tertiary/aromatic N) is 3. The number of anilines is 1. The number of rotatable bonds is 4. The molecule has 0 radical (unpaired) electrons. The molecule has 2 aromatic rings. The molecular weight excluding hydrogens is 378 g/mol. The Morgan fingerprint density at radius 1 is 1.19 bits per heavy atom. The van der Waals surface area contributed by atoms with Crippen molar-refractivity contribution in [2.75, 3.05) is 5.32 Å². The number of halogens is 6. The number of carbonyl (C=O) groups is 1. The number of nitrogens with one attached hydrogen (secondary N) is 1. The first-order valence-electron chi connectivity index (χ1n) is 8.13. The van der Waals surface area contributed by atoms with Gasteiger partial charge in [0.1, 0.15) is 0 Å². The Morgan fingerprint density at radius 3 is 2.33 bits per heavy atom. The lowest BCUT2D eigenvalue weighted by molar-refractivity contribution is -0.213. The van der Waals surface area contributed by atoms with Crippen molar-refractivity contribution in [2.45, 2.75) is 51.4 Å². The van der Waals surface area contributed by atoms with E-state index in [2.05, 4.69) is 15.4 Å². The van der Waals surface area contributed by atoms with Crippen LogP contribution in [0.15, 0.2) is 12.1 Å². The van der Waals surface area contributed by atoms with E-state index >= 15 is 0 Å². The standard InChI is InChI=1S/C16H16F6N4O/c1-14(2,16(20,21)22)7-11(27)24-13-12(8-3-4-8)26-10(23-13)6-5-9(25-26)15(17,18)19/h5-6,8H,3-4,7H2,1-2H3,(H,24,27). The first-order valence-corrected chi connectivity index (χ1v) is 8.13. The number of fused-ring (bicyclic) bond motifs is 1. The van der Waals surface area contributed by atoms with E-state index in [-0.39, 0.29) is 23.1 Å². The number of alkyl halides is 6. The van der Waals surface area contributed by atoms with Crippen LogP contribution in [-0.2, 0) is 11.0 Å². The molecule has 0 saturated heterocycles. The van der Waals surface area contributed by atoms with Crippen molar-refractivity contribution < 1.29 is 31.1 Å². The summed E-state index contributed by atoms with van der Waals surface area (Å²) in [5, 5.41) is 5.86. The molecule has 3 rings (SSSR count). The second-order valence-corrected chi connectivity index (χ2v) is 7.21. The van der Waals surface area contributed by atoms with Crippen molar-refractivity contribution in [3.05, 3.63) is 23.5 Å². The molecule has 1 amide bonds. The molecule has 1 saturated carbocycles. The van der Waals surface area contributed by atoms with Crippen LogP contribution in [0.1, 0.15) is 50.4 Å². The number of carbonyl (C=O) groups excluding carboxylic acids is 1. The molecule has 0 atom stereocenters. The van der Waals surface area contributed by atoms with Gasteiger partial charge in [0.15, 0.2) is 17.2 Å². The van der Waals surface area contributed by atoms with E-state index in [0.29, 0.717) is 12.8 Å². The largest absolute Gasteiger partial charge is 0.435 e. The maximum absolute atomic E-state index is 13.0. The number of hydrogen-bond donors (Lipinski definition) is 1. The van der Waals surface area contributed by atoms with Crippen LogP contribution in [0.25, 0.3) is 5.65 Å². The Hall–Kier alpha value is -2.33. The Labute approximate surface area is 149 Å². The highest BCUT2D eigenvalue weighted by atomic mass is 19.4. The van der Waals surface area contributed by atoms with Crippen LogP contribution in [0.4, 0.5) is 32.2 Å². The fourth-order valence-corrected chi connectivity index (χ4v) is 2.59. The third-order valence-electron chi connectivity index (χ3n) is 4.39. The molecule has 148 valence electrons. The van der Waals surface area contributed by atoms with Crippen LogP contribution in [-0.4, -0.2) is 26.7 Å². The zero-order valence-corrected chi connectivity index (χ0v) is 14.4. The Morgan fingerprint density at radius 2 is 1.81 bits per heavy atom. The summed E-state index contributed by atoms with van der Waals surface area (Å²) in [7, 11) is 0. The van der Waals surface area contributed by atoms with Crippen molar-refractivity contribution in [1.82, 2.24) is 14.6 Å². The van der Waals surface area contributed by atoms with Crippen molar-refractivity contribution in [2.24, 2.45) is 5.41 Å². The van der Waals surface area contributed by atoms with Crippen LogP contribution in [0.5, 0.6) is 0 Å². The molecule has 0 bridgehead atoms. The van der Waals surface area contributed by atoms with E-state index in [0.717, 1.165) is 30.5 Å². The molecule has 1 N–H and O–H groups in total. The fraction of sp³-hybridized carbons (Fsp3) is 0.562. The smallest absolute Gasteiger partial charge is 0.309 e. The molecule has 0 aromatic carbocycles. The minimum atomic E-state index is -4.65. The average Bonchev–Trinajstić information content (AvgIpc) is 3.25. The molecule has 0 aliphatic heterocycles. The molecule has 0 unspecified atom stereocenters. The topological polar surface area (TPSA) is 59.3 Å². The van der Waals surface area contributed by atoms with Gasteiger partial charge in [-0.05, 0) is 25.0 Å². The summed E-state index contributed by atoms with van der Waals surface area (Å²) in [5.41, 5.74) is -3.02. The number of hydrogen-bond acceptors (Lipinski definition) is 3. The highest BCUT2D eigenvalue weighted by Crippen LogP contribution is 2.44. The van der Waals surface area contributed by atoms with Gasteiger partial charge in [0.05, 0.1) is 11.1 Å². The van der Waals surface area contributed by atoms with Crippen molar-refractivity contribution in [1.29, 1.82) is 0 Å². The normalized spacial score (nSPS) is 16.0. The molecular formula is C16H16F6N4O. The maximum atomic E-state index is 13.0. The fourth-order valence-electron chi connectivity index (χ4n) is 2.59. The van der Waals surface area contributed by atoms with Gasteiger partial charge in [0.2, 0.25) is 5.91 Å². The van der Waals surface area contributed by atoms with Gasteiger partial charge in [0.25, 0.3) is 0 Å². The summed E-state index contributed by atoms with van der Waals surface area (Å²) in [6.45, 7) is 1.80. The molecule has 2 aromatic heterocycles. The minimum absolute atomic E-state index is 0.0488. The van der Waals surface area contributed by atoms with E-state index in [1.807, 2.05) is 0 Å². The SMILES string of the molecule is CC(C)(CC(=O)Nc1nc2ccc(C(F)(F)F)nn2c1C1CC1)C(F)(F)F. The second-order valence-electron chi connectivity index (χ2n) is 7.21. The van der Waals surface area contributed by atoms with Gasteiger partial charge in [-0.2, -0.15) is 31.4 Å². The minimum Gasteiger partial charge on any atom is -0.309 e. The van der Waals surface area contributed by atoms with E-state index in [1.54, 1.807) is 0 Å². The third-order valence-corrected chi connectivity index (χ3v) is 4.39. The molecule has 1 aliphatic carbocycles. The van der Waals surface area contributed by atoms with Gasteiger partial charge in [-0.25, -0.2) is 9.50 Å². The van der Waals surface area contributed by atoms with Gasteiger partial charge >= 0.3 is 12.4 Å². The van der Waals surface area contributed by atoms with Crippen LogP contribution in [0.2, 0.25) is 0 Å². The molecule has 0 spiro atoms. The zero-order valence-electron chi connectivity index (χ0n) is 14.4. The first-order chi connectivity index (χ1) is 12.3. The second kappa shape index (κ2) is 6.10. The summed E-state index contributed by atoms with van der Waals surface area (Å²) >= 11 is 0. The van der Waals surface area contributed by atoms with Crippen LogP contribution < -0.4 is 5.32 Å². The Kier molecular flexibility index (Phi) is 4.39. The number of amides is 1. The molecule has 2 heterocycles. The van der Waals surface area contributed by atoms with Crippen molar-refractivity contribution in [3.63, 3.8) is 0 Å². The van der Waals surface area contributed by atoms with Gasteiger partial charge < -0.3 is 5.32 Å². The average molecular weight is 394 g/mol. The lowest BCUT2D eigenvalue weighted by Gasteiger charge is -2.26. The highest BCUT2D eigenvalue weighted by molar-refractivity contribution is 5.91. The van der Waals surface area contributed by atoms with E-state index in [4.69, 9.17) is 0 Å². The predicted molar refractivity (Wildman–Crippen MR) is 83.0 cm³/mol. The Balaban J connectivity index is 1.93. The van der Waals surface area contributed by atoms with Crippen molar-refractivity contribution >= 4 is 17.4 Å². The van der Waals surface area contributed by atoms with Crippen LogP contribution in [0, 0.1) is 5.41 Å².